The maximum atomic E-state index is 10.1. The predicted molar refractivity (Wildman–Crippen MR) is 105 cm³/mol. The molecule has 3 saturated carbocycles. The second kappa shape index (κ2) is 5.45. The van der Waals surface area contributed by atoms with Gasteiger partial charge in [-0.25, -0.2) is 0 Å². The van der Waals surface area contributed by atoms with Crippen molar-refractivity contribution in [3.63, 3.8) is 0 Å². The summed E-state index contributed by atoms with van der Waals surface area (Å²) in [4.78, 5) is 0. The van der Waals surface area contributed by atoms with Crippen molar-refractivity contribution in [1.82, 2.24) is 0 Å². The van der Waals surface area contributed by atoms with Crippen LogP contribution in [0.4, 0.5) is 0 Å². The Hall–Kier alpha value is 0.400. The van der Waals surface area contributed by atoms with Crippen molar-refractivity contribution < 1.29 is 5.11 Å². The van der Waals surface area contributed by atoms with E-state index in [-0.39, 0.29) is 6.10 Å². The highest BCUT2D eigenvalue weighted by molar-refractivity contribution is 8.21. The summed E-state index contributed by atoms with van der Waals surface area (Å²) in [5.74, 6) is 5.49. The summed E-state index contributed by atoms with van der Waals surface area (Å²) in [6.07, 6.45) is 12.8. The minimum absolute atomic E-state index is 0.0734. The van der Waals surface area contributed by atoms with Gasteiger partial charge in [0, 0.05) is 11.5 Å². The third-order valence-corrected chi connectivity index (χ3v) is 12.9. The van der Waals surface area contributed by atoms with Crippen molar-refractivity contribution in [3.05, 3.63) is 11.6 Å². The molecule has 6 atom stereocenters. The fourth-order valence-electron chi connectivity index (χ4n) is 7.53. The average molecular weight is 365 g/mol. The highest BCUT2D eigenvalue weighted by Gasteiger charge is 2.65. The van der Waals surface area contributed by atoms with Crippen molar-refractivity contribution in [2.45, 2.75) is 75.4 Å². The van der Waals surface area contributed by atoms with E-state index < -0.39 is 0 Å². The molecule has 3 heteroatoms. The van der Waals surface area contributed by atoms with Crippen LogP contribution in [-0.4, -0.2) is 26.8 Å². The second-order valence-electron chi connectivity index (χ2n) is 9.60. The summed E-state index contributed by atoms with van der Waals surface area (Å²) in [6, 6.07) is 0. The number of hydrogen-bond donors (Lipinski definition) is 1. The lowest BCUT2D eigenvalue weighted by Gasteiger charge is -2.59. The van der Waals surface area contributed by atoms with Crippen LogP contribution < -0.4 is 0 Å². The van der Waals surface area contributed by atoms with Gasteiger partial charge in [-0.05, 0) is 80.0 Å². The van der Waals surface area contributed by atoms with Gasteiger partial charge in [-0.3, -0.25) is 0 Å². The molecule has 24 heavy (non-hydrogen) atoms. The third kappa shape index (κ3) is 2.01. The third-order valence-electron chi connectivity index (χ3n) is 8.88. The van der Waals surface area contributed by atoms with Crippen LogP contribution in [0.15, 0.2) is 11.6 Å². The molecule has 1 aliphatic heterocycles. The summed E-state index contributed by atoms with van der Waals surface area (Å²) < 4.78 is 0.552. The topological polar surface area (TPSA) is 20.2 Å². The Balaban J connectivity index is 1.49. The Morgan fingerprint density at radius 3 is 2.54 bits per heavy atom. The zero-order chi connectivity index (χ0) is 16.6. The Morgan fingerprint density at radius 1 is 1.00 bits per heavy atom. The first kappa shape index (κ1) is 16.6. The molecule has 0 aromatic rings. The van der Waals surface area contributed by atoms with Gasteiger partial charge >= 0.3 is 0 Å². The standard InChI is InChI=1S/C21H32OS2/c1-19-8-5-15(22)13-14(19)3-4-16-17(19)6-9-20(2)18(16)7-10-21(20)23-11-12-24-21/h3,15-18,22H,4-13H2,1-2H3/t15-,16-,17+,18+,19+,20+/m1/s1. The molecule has 4 fully saturated rings. The summed E-state index contributed by atoms with van der Waals surface area (Å²) in [5, 5.41) is 10.1. The summed E-state index contributed by atoms with van der Waals surface area (Å²) in [6.45, 7) is 5.21. The van der Waals surface area contributed by atoms with Crippen LogP contribution in [0.1, 0.15) is 65.2 Å². The number of hydrogen-bond acceptors (Lipinski definition) is 3. The Morgan fingerprint density at radius 2 is 1.75 bits per heavy atom. The van der Waals surface area contributed by atoms with Gasteiger partial charge in [0.2, 0.25) is 0 Å². The molecule has 1 heterocycles. The van der Waals surface area contributed by atoms with Crippen LogP contribution in [0.25, 0.3) is 0 Å². The number of fused-ring (bicyclic) bond motifs is 6. The first-order valence-corrected chi connectivity index (χ1v) is 12.1. The molecule has 1 spiro atoms. The summed E-state index contributed by atoms with van der Waals surface area (Å²) >= 11 is 4.63. The SMILES string of the molecule is C[C@]12CC[C@@H](O)CC1=CC[C@@H]1[C@@H]2CC[C@@]2(C)[C@H]1CCC21SCCS1. The normalized spacial score (nSPS) is 52.5. The van der Waals surface area contributed by atoms with E-state index >= 15 is 0 Å². The zero-order valence-corrected chi connectivity index (χ0v) is 16.9. The fraction of sp³-hybridized carbons (Fsp3) is 0.905. The zero-order valence-electron chi connectivity index (χ0n) is 15.2. The number of rotatable bonds is 0. The number of allylic oxidation sites excluding steroid dienone is 1. The summed E-state index contributed by atoms with van der Waals surface area (Å²) in [7, 11) is 0. The van der Waals surface area contributed by atoms with Gasteiger partial charge in [0.05, 0.1) is 10.2 Å². The van der Waals surface area contributed by atoms with Gasteiger partial charge in [0.25, 0.3) is 0 Å². The van der Waals surface area contributed by atoms with Gasteiger partial charge in [0.1, 0.15) is 0 Å². The predicted octanol–water partition coefficient (Wildman–Crippen LogP) is 5.49. The highest BCUT2D eigenvalue weighted by atomic mass is 32.2. The second-order valence-corrected chi connectivity index (χ2v) is 12.6. The van der Waals surface area contributed by atoms with Gasteiger partial charge in [-0.1, -0.05) is 25.5 Å². The minimum atomic E-state index is -0.0734. The van der Waals surface area contributed by atoms with Crippen molar-refractivity contribution in [2.24, 2.45) is 28.6 Å². The van der Waals surface area contributed by atoms with E-state index in [1.54, 1.807) is 5.57 Å². The number of aliphatic hydroxyl groups is 1. The van der Waals surface area contributed by atoms with Crippen molar-refractivity contribution >= 4 is 23.5 Å². The molecule has 5 aliphatic rings. The first-order valence-electron chi connectivity index (χ1n) is 10.1. The average Bonchev–Trinajstić information content (AvgIpc) is 3.15. The van der Waals surface area contributed by atoms with Crippen molar-refractivity contribution in [2.75, 3.05) is 11.5 Å². The minimum Gasteiger partial charge on any atom is -0.393 e. The molecular weight excluding hydrogens is 332 g/mol. The van der Waals surface area contributed by atoms with Crippen molar-refractivity contribution in [3.8, 4) is 0 Å². The molecule has 0 aromatic heterocycles. The molecule has 1 N–H and O–H groups in total. The Labute approximate surface area is 155 Å². The Bertz CT molecular complexity index is 566. The van der Waals surface area contributed by atoms with Gasteiger partial charge < -0.3 is 5.11 Å². The molecular formula is C21H32OS2. The van der Waals surface area contributed by atoms with Gasteiger partial charge in [0.15, 0.2) is 0 Å². The molecule has 134 valence electrons. The molecule has 0 radical (unpaired) electrons. The monoisotopic (exact) mass is 364 g/mol. The Kier molecular flexibility index (Phi) is 3.76. The molecule has 1 saturated heterocycles. The van der Waals surface area contributed by atoms with Gasteiger partial charge in [-0.15, -0.1) is 23.5 Å². The smallest absolute Gasteiger partial charge is 0.0667 e. The molecule has 0 bridgehead atoms. The van der Waals surface area contributed by atoms with E-state index in [9.17, 15) is 5.11 Å². The quantitative estimate of drug-likeness (QED) is 0.574. The van der Waals surface area contributed by atoms with Crippen LogP contribution in [0.5, 0.6) is 0 Å². The molecule has 4 aliphatic carbocycles. The lowest BCUT2D eigenvalue weighted by Crippen LogP contribution is -2.52. The first-order chi connectivity index (χ1) is 11.5. The van der Waals surface area contributed by atoms with E-state index in [1.807, 2.05) is 0 Å². The van der Waals surface area contributed by atoms with Gasteiger partial charge in [-0.2, -0.15) is 0 Å². The van der Waals surface area contributed by atoms with E-state index in [1.165, 1.54) is 50.0 Å². The molecule has 0 amide bonds. The maximum absolute atomic E-state index is 10.1. The highest BCUT2D eigenvalue weighted by Crippen LogP contribution is 2.73. The van der Waals surface area contributed by atoms with E-state index in [2.05, 4.69) is 43.4 Å². The number of thioether (sulfide) groups is 2. The lowest BCUT2D eigenvalue weighted by molar-refractivity contribution is -0.0368. The van der Waals surface area contributed by atoms with Crippen LogP contribution >= 0.6 is 23.5 Å². The van der Waals surface area contributed by atoms with E-state index in [0.717, 1.165) is 30.6 Å². The molecule has 0 aromatic carbocycles. The van der Waals surface area contributed by atoms with Crippen LogP contribution in [0.2, 0.25) is 0 Å². The molecule has 0 unspecified atom stereocenters. The summed E-state index contributed by atoms with van der Waals surface area (Å²) in [5.41, 5.74) is 2.58. The largest absolute Gasteiger partial charge is 0.393 e. The van der Waals surface area contributed by atoms with E-state index in [0.29, 0.717) is 14.9 Å². The lowest BCUT2D eigenvalue weighted by atomic mass is 9.48. The van der Waals surface area contributed by atoms with Crippen LogP contribution in [0, 0.1) is 28.6 Å². The van der Waals surface area contributed by atoms with Crippen molar-refractivity contribution in [1.29, 1.82) is 0 Å². The number of aliphatic hydroxyl groups excluding tert-OH is 1. The fourth-order valence-corrected chi connectivity index (χ4v) is 11.4. The van der Waals surface area contributed by atoms with Crippen LogP contribution in [-0.2, 0) is 0 Å². The molecule has 5 rings (SSSR count). The van der Waals surface area contributed by atoms with Crippen LogP contribution in [0.3, 0.4) is 0 Å². The molecule has 1 nitrogen and oxygen atoms in total. The van der Waals surface area contributed by atoms with E-state index in [4.69, 9.17) is 0 Å². The maximum Gasteiger partial charge on any atom is 0.0667 e.